The quantitative estimate of drug-likeness (QED) is 0.642. The maximum atomic E-state index is 5.32. The summed E-state index contributed by atoms with van der Waals surface area (Å²) in [5.41, 5.74) is 2.30. The first-order valence-corrected chi connectivity index (χ1v) is 8.90. The summed E-state index contributed by atoms with van der Waals surface area (Å²) in [7, 11) is 0. The van der Waals surface area contributed by atoms with Gasteiger partial charge in [-0.3, -0.25) is 5.10 Å². The normalized spacial score (nSPS) is 16.2. The minimum Gasteiger partial charge on any atom is -0.250 e. The lowest BCUT2D eigenvalue weighted by molar-refractivity contribution is 0.336. The second-order valence-corrected chi connectivity index (χ2v) is 6.84. The van der Waals surface area contributed by atoms with E-state index in [1.54, 1.807) is 4.68 Å². The van der Waals surface area contributed by atoms with Crippen LogP contribution in [0.15, 0.2) is 29.4 Å². The summed E-state index contributed by atoms with van der Waals surface area (Å²) in [4.78, 5) is 0. The molecular weight excluding hydrogens is 304 g/mol. The summed E-state index contributed by atoms with van der Waals surface area (Å²) >= 11 is 5.32. The number of aryl methyl sites for hydroxylation is 2. The van der Waals surface area contributed by atoms with E-state index >= 15 is 0 Å². The fraction of sp³-hybridized carbons (Fsp3) is 0.500. The number of benzene rings is 1. The molecule has 1 aliphatic rings. The van der Waals surface area contributed by atoms with Crippen LogP contribution in [0.5, 0.6) is 0 Å². The second kappa shape index (κ2) is 7.68. The minimum atomic E-state index is 0.563. The zero-order valence-electron chi connectivity index (χ0n) is 13.7. The number of hydrogen-bond donors (Lipinski definition) is 1. The molecule has 0 unspecified atom stereocenters. The number of aromatic amines is 1. The van der Waals surface area contributed by atoms with E-state index in [9.17, 15) is 0 Å². The van der Waals surface area contributed by atoms with Crippen LogP contribution in [0, 0.1) is 17.6 Å². The van der Waals surface area contributed by atoms with Gasteiger partial charge in [0.1, 0.15) is 0 Å². The van der Waals surface area contributed by atoms with Crippen molar-refractivity contribution >= 4 is 18.4 Å². The van der Waals surface area contributed by atoms with Crippen molar-refractivity contribution in [1.29, 1.82) is 0 Å². The van der Waals surface area contributed by atoms with Gasteiger partial charge >= 0.3 is 0 Å². The third kappa shape index (κ3) is 4.38. The Morgan fingerprint density at radius 1 is 1.35 bits per heavy atom. The zero-order valence-corrected chi connectivity index (χ0v) is 14.5. The molecule has 0 saturated heterocycles. The van der Waals surface area contributed by atoms with Crippen molar-refractivity contribution in [3.05, 3.63) is 46.0 Å². The zero-order chi connectivity index (χ0) is 16.1. The van der Waals surface area contributed by atoms with E-state index in [2.05, 4.69) is 34.4 Å². The van der Waals surface area contributed by atoms with Gasteiger partial charge in [0, 0.05) is 6.42 Å². The van der Waals surface area contributed by atoms with Crippen LogP contribution in [-0.4, -0.2) is 21.1 Å². The van der Waals surface area contributed by atoms with Crippen LogP contribution in [0.2, 0.25) is 0 Å². The van der Waals surface area contributed by atoms with Crippen molar-refractivity contribution in [2.24, 2.45) is 11.0 Å². The summed E-state index contributed by atoms with van der Waals surface area (Å²) in [5.74, 6) is 1.77. The molecule has 1 heterocycles. The molecule has 1 saturated carbocycles. The highest BCUT2D eigenvalue weighted by atomic mass is 32.1. The summed E-state index contributed by atoms with van der Waals surface area (Å²) in [5, 5.41) is 11.8. The molecule has 0 radical (unpaired) electrons. The third-order valence-electron chi connectivity index (χ3n) is 4.58. The molecule has 1 aromatic heterocycles. The van der Waals surface area contributed by atoms with Crippen LogP contribution >= 0.6 is 12.2 Å². The fourth-order valence-electron chi connectivity index (χ4n) is 3.29. The van der Waals surface area contributed by atoms with E-state index in [1.807, 2.05) is 18.3 Å². The summed E-state index contributed by atoms with van der Waals surface area (Å²) in [6.45, 7) is 2.08. The van der Waals surface area contributed by atoms with Gasteiger partial charge in [0.25, 0.3) is 0 Å². The largest absolute Gasteiger partial charge is 0.250 e. The monoisotopic (exact) mass is 328 g/mol. The van der Waals surface area contributed by atoms with Gasteiger partial charge in [-0.2, -0.15) is 14.9 Å². The lowest BCUT2D eigenvalue weighted by Crippen LogP contribution is -2.09. The Morgan fingerprint density at radius 3 is 2.96 bits per heavy atom. The highest BCUT2D eigenvalue weighted by molar-refractivity contribution is 7.71. The van der Waals surface area contributed by atoms with Crippen molar-refractivity contribution < 1.29 is 0 Å². The van der Waals surface area contributed by atoms with Crippen molar-refractivity contribution in [2.75, 3.05) is 0 Å². The van der Waals surface area contributed by atoms with Crippen molar-refractivity contribution in [2.45, 2.75) is 51.9 Å². The van der Waals surface area contributed by atoms with Gasteiger partial charge in [0.15, 0.2) is 5.82 Å². The molecule has 0 amide bonds. The molecule has 3 rings (SSSR count). The van der Waals surface area contributed by atoms with Crippen LogP contribution in [0.4, 0.5) is 0 Å². The van der Waals surface area contributed by atoms with E-state index in [4.69, 9.17) is 12.2 Å². The van der Waals surface area contributed by atoms with Gasteiger partial charge in [-0.25, -0.2) is 0 Å². The Kier molecular flexibility index (Phi) is 5.39. The Hall–Kier alpha value is -1.75. The molecule has 1 N–H and O–H groups in total. The van der Waals surface area contributed by atoms with Gasteiger partial charge in [-0.15, -0.1) is 0 Å². The van der Waals surface area contributed by atoms with Crippen LogP contribution in [0.25, 0.3) is 0 Å². The maximum absolute atomic E-state index is 5.32. The highest BCUT2D eigenvalue weighted by Crippen LogP contribution is 2.27. The Balaban J connectivity index is 1.69. The SMILES string of the molecule is Cc1cccc(/C=N\n2c(CCC3CCCCC3)n[nH]c2=S)c1. The number of hydrogen-bond acceptors (Lipinski definition) is 3. The summed E-state index contributed by atoms with van der Waals surface area (Å²) in [6.07, 6.45) is 10.8. The van der Waals surface area contributed by atoms with Crippen LogP contribution < -0.4 is 0 Å². The number of rotatable bonds is 5. The van der Waals surface area contributed by atoms with Crippen molar-refractivity contribution in [3.63, 3.8) is 0 Å². The highest BCUT2D eigenvalue weighted by Gasteiger charge is 2.15. The predicted octanol–water partition coefficient (Wildman–Crippen LogP) is 4.64. The van der Waals surface area contributed by atoms with E-state index < -0.39 is 0 Å². The van der Waals surface area contributed by atoms with Gasteiger partial charge in [0.2, 0.25) is 4.77 Å². The van der Waals surface area contributed by atoms with E-state index in [1.165, 1.54) is 44.1 Å². The molecule has 0 aliphatic heterocycles. The van der Waals surface area contributed by atoms with Crippen molar-refractivity contribution in [3.8, 4) is 0 Å². The second-order valence-electron chi connectivity index (χ2n) is 6.46. The van der Waals surface area contributed by atoms with Crippen LogP contribution in [-0.2, 0) is 6.42 Å². The first kappa shape index (κ1) is 16.1. The van der Waals surface area contributed by atoms with Gasteiger partial charge < -0.3 is 0 Å². The molecule has 23 heavy (non-hydrogen) atoms. The van der Waals surface area contributed by atoms with Crippen LogP contribution in [0.1, 0.15) is 55.5 Å². The average molecular weight is 328 g/mol. The molecule has 0 bridgehead atoms. The molecule has 5 heteroatoms. The topological polar surface area (TPSA) is 46.0 Å². The van der Waals surface area contributed by atoms with Crippen LogP contribution in [0.3, 0.4) is 0 Å². The van der Waals surface area contributed by atoms with Crippen molar-refractivity contribution in [1.82, 2.24) is 14.9 Å². The fourth-order valence-corrected chi connectivity index (χ4v) is 3.49. The number of aromatic nitrogens is 3. The number of nitrogens with one attached hydrogen (secondary N) is 1. The Labute approximate surface area is 142 Å². The van der Waals surface area contributed by atoms with Gasteiger partial charge in [-0.05, 0) is 37.0 Å². The van der Waals surface area contributed by atoms with E-state index in [0.717, 1.165) is 23.7 Å². The standard InChI is InChI=1S/C18H24N4S/c1-14-6-5-9-16(12-14)13-19-22-17(20-21-18(22)23)11-10-15-7-3-2-4-8-15/h5-6,9,12-13,15H,2-4,7-8,10-11H2,1H3,(H,21,23)/b19-13-. The van der Waals surface area contributed by atoms with Gasteiger partial charge in [-0.1, -0.05) is 61.9 Å². The number of H-pyrrole nitrogens is 1. The molecule has 4 nitrogen and oxygen atoms in total. The summed E-state index contributed by atoms with van der Waals surface area (Å²) < 4.78 is 2.33. The average Bonchev–Trinajstić information content (AvgIpc) is 2.92. The first-order chi connectivity index (χ1) is 11.2. The third-order valence-corrected chi connectivity index (χ3v) is 4.85. The first-order valence-electron chi connectivity index (χ1n) is 8.50. The molecular formula is C18H24N4S. The van der Waals surface area contributed by atoms with Gasteiger partial charge in [0.05, 0.1) is 6.21 Å². The Morgan fingerprint density at radius 2 is 2.17 bits per heavy atom. The predicted molar refractivity (Wildman–Crippen MR) is 96.5 cm³/mol. The molecule has 1 aliphatic carbocycles. The molecule has 0 atom stereocenters. The molecule has 1 fully saturated rings. The minimum absolute atomic E-state index is 0.563. The molecule has 122 valence electrons. The van der Waals surface area contributed by atoms with E-state index in [0.29, 0.717) is 4.77 Å². The molecule has 0 spiro atoms. The smallest absolute Gasteiger partial charge is 0.216 e. The Bertz CT molecular complexity index is 723. The van der Waals surface area contributed by atoms with E-state index in [-0.39, 0.29) is 0 Å². The maximum Gasteiger partial charge on any atom is 0.216 e. The molecule has 1 aromatic carbocycles. The lowest BCUT2D eigenvalue weighted by Gasteiger charge is -2.20. The molecule has 2 aromatic rings. The lowest BCUT2D eigenvalue weighted by atomic mass is 9.86. The number of nitrogens with zero attached hydrogens (tertiary/aromatic N) is 3. The summed E-state index contributed by atoms with van der Waals surface area (Å²) in [6, 6.07) is 8.27.